The molecule has 1 fully saturated rings. The lowest BCUT2D eigenvalue weighted by atomic mass is 10.1. The maximum absolute atomic E-state index is 12.1. The molecule has 3 aromatic rings. The number of hydrogen-bond donors (Lipinski definition) is 3. The third-order valence-corrected chi connectivity index (χ3v) is 5.33. The van der Waals surface area contributed by atoms with Crippen molar-refractivity contribution in [1.29, 1.82) is 0 Å². The van der Waals surface area contributed by atoms with Gasteiger partial charge in [0.1, 0.15) is 0 Å². The molecule has 3 N–H and O–H groups in total. The summed E-state index contributed by atoms with van der Waals surface area (Å²) in [6.07, 6.45) is 5.48. The molecular weight excluding hydrogens is 348 g/mol. The molecule has 0 aliphatic heterocycles. The number of amides is 1. The third kappa shape index (κ3) is 3.53. The Kier molecular flexibility index (Phi) is 4.32. The predicted molar refractivity (Wildman–Crippen MR) is 104 cm³/mol. The number of H-pyrrole nitrogens is 1. The molecule has 4 rings (SSSR count). The second-order valence-corrected chi connectivity index (χ2v) is 7.57. The highest BCUT2D eigenvalue weighted by molar-refractivity contribution is 6.32. The molecule has 0 bridgehead atoms. The van der Waals surface area contributed by atoms with Crippen LogP contribution >= 0.6 is 11.6 Å². The second-order valence-electron chi connectivity index (χ2n) is 7.16. The van der Waals surface area contributed by atoms with Gasteiger partial charge in [0.05, 0.1) is 12.2 Å². The fraction of sp³-hybridized carbons (Fsp3) is 0.300. The average molecular weight is 369 g/mol. The van der Waals surface area contributed by atoms with E-state index in [0.717, 1.165) is 40.7 Å². The molecule has 1 aliphatic carbocycles. The standard InChI is InChI=1S/C20H21ClN4O/c1-20(4-5-20)19(26)24-12-16-7-13-8-17(21)14(9-18(13)25-16)10-23-15-3-2-6-22-11-15/h2-3,6-9,11,23,25H,4-5,10,12H2,1H3,(H,24,26). The van der Waals surface area contributed by atoms with E-state index in [2.05, 4.69) is 26.7 Å². The lowest BCUT2D eigenvalue weighted by molar-refractivity contribution is -0.125. The van der Waals surface area contributed by atoms with E-state index >= 15 is 0 Å². The summed E-state index contributed by atoms with van der Waals surface area (Å²) in [4.78, 5) is 19.6. The van der Waals surface area contributed by atoms with E-state index in [0.29, 0.717) is 18.1 Å². The first-order chi connectivity index (χ1) is 12.5. The van der Waals surface area contributed by atoms with Crippen LogP contribution in [0.3, 0.4) is 0 Å². The molecule has 2 aromatic heterocycles. The molecule has 0 spiro atoms. The van der Waals surface area contributed by atoms with Crippen LogP contribution in [-0.2, 0) is 17.9 Å². The summed E-state index contributed by atoms with van der Waals surface area (Å²) < 4.78 is 0. The number of rotatable bonds is 6. The molecule has 0 radical (unpaired) electrons. The number of benzene rings is 1. The molecule has 5 nitrogen and oxygen atoms in total. The zero-order valence-electron chi connectivity index (χ0n) is 14.6. The van der Waals surface area contributed by atoms with Gasteiger partial charge in [0.15, 0.2) is 0 Å². The monoisotopic (exact) mass is 368 g/mol. The smallest absolute Gasteiger partial charge is 0.226 e. The van der Waals surface area contributed by atoms with Gasteiger partial charge in [-0.25, -0.2) is 0 Å². The van der Waals surface area contributed by atoms with Crippen LogP contribution in [0.2, 0.25) is 5.02 Å². The molecule has 0 saturated heterocycles. The number of carbonyl (C=O) groups is 1. The van der Waals surface area contributed by atoms with E-state index in [1.54, 1.807) is 12.4 Å². The normalized spacial score (nSPS) is 15.0. The fourth-order valence-corrected chi connectivity index (χ4v) is 3.20. The Hall–Kier alpha value is -2.53. The summed E-state index contributed by atoms with van der Waals surface area (Å²) in [7, 11) is 0. The van der Waals surface area contributed by atoms with Crippen molar-refractivity contribution in [3.05, 3.63) is 59.0 Å². The largest absolute Gasteiger partial charge is 0.380 e. The highest BCUT2D eigenvalue weighted by Gasteiger charge is 2.44. The van der Waals surface area contributed by atoms with Gasteiger partial charge in [0.25, 0.3) is 0 Å². The molecular formula is C20H21ClN4O. The van der Waals surface area contributed by atoms with Gasteiger partial charge in [-0.15, -0.1) is 0 Å². The first-order valence-corrected chi connectivity index (χ1v) is 9.13. The minimum Gasteiger partial charge on any atom is -0.380 e. The number of anilines is 1. The molecule has 6 heteroatoms. The summed E-state index contributed by atoms with van der Waals surface area (Å²) in [5.74, 6) is 0.135. The Bertz CT molecular complexity index is 947. The van der Waals surface area contributed by atoms with Crippen LogP contribution in [0.4, 0.5) is 5.69 Å². The van der Waals surface area contributed by atoms with E-state index in [9.17, 15) is 4.79 Å². The number of nitrogens with one attached hydrogen (secondary N) is 3. The minimum absolute atomic E-state index is 0.135. The van der Waals surface area contributed by atoms with Crippen molar-refractivity contribution >= 4 is 34.1 Å². The van der Waals surface area contributed by atoms with Crippen LogP contribution in [0.25, 0.3) is 10.9 Å². The summed E-state index contributed by atoms with van der Waals surface area (Å²) in [5, 5.41) is 8.10. The van der Waals surface area contributed by atoms with Crippen LogP contribution < -0.4 is 10.6 Å². The number of aromatic nitrogens is 2. The zero-order chi connectivity index (χ0) is 18.1. The molecule has 0 unspecified atom stereocenters. The Labute approximate surface area is 157 Å². The molecule has 1 aliphatic rings. The Morgan fingerprint density at radius 1 is 1.31 bits per heavy atom. The first-order valence-electron chi connectivity index (χ1n) is 8.76. The zero-order valence-corrected chi connectivity index (χ0v) is 15.4. The van der Waals surface area contributed by atoms with Gasteiger partial charge in [-0.3, -0.25) is 9.78 Å². The number of fused-ring (bicyclic) bond motifs is 1. The molecule has 2 heterocycles. The van der Waals surface area contributed by atoms with Crippen molar-refractivity contribution in [2.45, 2.75) is 32.9 Å². The SMILES string of the molecule is CC1(C(=O)NCc2cc3cc(Cl)c(CNc4cccnc4)cc3[nH]2)CC1. The second kappa shape index (κ2) is 6.65. The molecule has 0 atom stereocenters. The van der Waals surface area contributed by atoms with E-state index in [-0.39, 0.29) is 11.3 Å². The first kappa shape index (κ1) is 16.9. The number of hydrogen-bond acceptors (Lipinski definition) is 3. The summed E-state index contributed by atoms with van der Waals surface area (Å²) in [5.41, 5.74) is 3.80. The van der Waals surface area contributed by atoms with Crippen LogP contribution in [0.1, 0.15) is 31.0 Å². The molecule has 134 valence electrons. The van der Waals surface area contributed by atoms with Gasteiger partial charge >= 0.3 is 0 Å². The van der Waals surface area contributed by atoms with Gasteiger partial charge in [-0.2, -0.15) is 0 Å². The van der Waals surface area contributed by atoms with Crippen LogP contribution in [0, 0.1) is 5.41 Å². The Balaban J connectivity index is 1.46. The lowest BCUT2D eigenvalue weighted by Gasteiger charge is -2.08. The fourth-order valence-electron chi connectivity index (χ4n) is 2.96. The lowest BCUT2D eigenvalue weighted by Crippen LogP contribution is -2.29. The van der Waals surface area contributed by atoms with Gasteiger partial charge < -0.3 is 15.6 Å². The van der Waals surface area contributed by atoms with Crippen LogP contribution in [-0.4, -0.2) is 15.9 Å². The van der Waals surface area contributed by atoms with Crippen molar-refractivity contribution < 1.29 is 4.79 Å². The number of pyridine rings is 1. The maximum atomic E-state index is 12.1. The van der Waals surface area contributed by atoms with Gasteiger partial charge in [-0.05, 0) is 48.7 Å². The quantitative estimate of drug-likeness (QED) is 0.609. The molecule has 1 aromatic carbocycles. The topological polar surface area (TPSA) is 69.8 Å². The number of carbonyl (C=O) groups excluding carboxylic acids is 1. The van der Waals surface area contributed by atoms with E-state index in [1.807, 2.05) is 31.2 Å². The van der Waals surface area contributed by atoms with Crippen LogP contribution in [0.15, 0.2) is 42.7 Å². The van der Waals surface area contributed by atoms with Crippen molar-refractivity contribution in [2.75, 3.05) is 5.32 Å². The number of nitrogens with zero attached hydrogens (tertiary/aromatic N) is 1. The summed E-state index contributed by atoms with van der Waals surface area (Å²) in [6.45, 7) is 3.13. The van der Waals surface area contributed by atoms with Crippen molar-refractivity contribution in [1.82, 2.24) is 15.3 Å². The van der Waals surface area contributed by atoms with Crippen molar-refractivity contribution in [2.24, 2.45) is 5.41 Å². The van der Waals surface area contributed by atoms with E-state index in [4.69, 9.17) is 11.6 Å². The molecule has 1 saturated carbocycles. The summed E-state index contributed by atoms with van der Waals surface area (Å²) in [6, 6.07) is 9.90. The van der Waals surface area contributed by atoms with Gasteiger partial charge in [-0.1, -0.05) is 18.5 Å². The predicted octanol–water partition coefficient (Wildman–Crippen LogP) is 4.24. The van der Waals surface area contributed by atoms with E-state index < -0.39 is 0 Å². The van der Waals surface area contributed by atoms with Crippen LogP contribution in [0.5, 0.6) is 0 Å². The van der Waals surface area contributed by atoms with E-state index in [1.165, 1.54) is 0 Å². The Morgan fingerprint density at radius 3 is 2.88 bits per heavy atom. The minimum atomic E-state index is -0.152. The van der Waals surface area contributed by atoms with Gasteiger partial charge in [0, 0.05) is 46.0 Å². The highest BCUT2D eigenvalue weighted by atomic mass is 35.5. The maximum Gasteiger partial charge on any atom is 0.226 e. The number of aromatic amines is 1. The summed E-state index contributed by atoms with van der Waals surface area (Å²) >= 11 is 6.44. The third-order valence-electron chi connectivity index (χ3n) is 4.98. The Morgan fingerprint density at radius 2 is 2.15 bits per heavy atom. The molecule has 1 amide bonds. The van der Waals surface area contributed by atoms with Gasteiger partial charge in [0.2, 0.25) is 5.91 Å². The van der Waals surface area contributed by atoms with Crippen molar-refractivity contribution in [3.8, 4) is 0 Å². The van der Waals surface area contributed by atoms with Crippen molar-refractivity contribution in [3.63, 3.8) is 0 Å². The average Bonchev–Trinajstić information content (AvgIpc) is 3.27. The number of halogens is 1. The molecule has 26 heavy (non-hydrogen) atoms. The highest BCUT2D eigenvalue weighted by Crippen LogP contribution is 2.45.